The molecule has 2 aromatic carbocycles. The van der Waals surface area contributed by atoms with Gasteiger partial charge in [-0.15, -0.1) is 0 Å². The lowest BCUT2D eigenvalue weighted by molar-refractivity contribution is -0.126. The maximum atomic E-state index is 13.6. The van der Waals surface area contributed by atoms with E-state index in [9.17, 15) is 22.8 Å². The number of piperidine rings is 1. The van der Waals surface area contributed by atoms with Crippen molar-refractivity contribution in [2.24, 2.45) is 5.92 Å². The lowest BCUT2D eigenvalue weighted by atomic mass is 9.95. The molecule has 0 atom stereocenters. The lowest BCUT2D eigenvalue weighted by Crippen LogP contribution is -2.43. The molecule has 3 rings (SSSR count). The number of carbonyl (C=O) groups is 2. The Hall–Kier alpha value is -2.87. The Morgan fingerprint density at radius 1 is 0.966 bits per heavy atom. The van der Waals surface area contributed by atoms with Gasteiger partial charge in [-0.05, 0) is 62.3 Å². The molecular formula is C21H22F3N3O2. The number of hydrogen-bond donors (Lipinski definition) is 2. The van der Waals surface area contributed by atoms with Crippen molar-refractivity contribution >= 4 is 17.5 Å². The van der Waals surface area contributed by atoms with E-state index in [1.807, 2.05) is 4.90 Å². The van der Waals surface area contributed by atoms with Crippen LogP contribution in [0.25, 0.3) is 0 Å². The molecule has 154 valence electrons. The van der Waals surface area contributed by atoms with E-state index in [1.54, 1.807) is 0 Å². The normalized spacial score (nSPS) is 15.1. The quantitative estimate of drug-likeness (QED) is 0.777. The van der Waals surface area contributed by atoms with Crippen LogP contribution in [0.2, 0.25) is 0 Å². The molecule has 5 nitrogen and oxygen atoms in total. The Balaban J connectivity index is 1.42. The van der Waals surface area contributed by atoms with Crippen molar-refractivity contribution in [1.29, 1.82) is 0 Å². The number of halogens is 3. The molecule has 0 aromatic heterocycles. The summed E-state index contributed by atoms with van der Waals surface area (Å²) in [6.07, 6.45) is 1.10. The smallest absolute Gasteiger partial charge is 0.238 e. The Labute approximate surface area is 166 Å². The maximum absolute atomic E-state index is 13.6. The number of nitrogens with one attached hydrogen (secondary N) is 2. The average molecular weight is 405 g/mol. The summed E-state index contributed by atoms with van der Waals surface area (Å²) in [5, 5.41) is 5.30. The number of hydrogen-bond acceptors (Lipinski definition) is 3. The molecule has 0 spiro atoms. The first-order valence-electron chi connectivity index (χ1n) is 9.41. The highest BCUT2D eigenvalue weighted by atomic mass is 19.1. The van der Waals surface area contributed by atoms with Crippen molar-refractivity contribution in [3.05, 3.63) is 65.5 Å². The molecule has 1 saturated heterocycles. The molecule has 0 bridgehead atoms. The Bertz CT molecular complexity index is 846. The van der Waals surface area contributed by atoms with Crippen molar-refractivity contribution in [2.45, 2.75) is 19.4 Å². The lowest BCUT2D eigenvalue weighted by Gasteiger charge is -2.30. The number of likely N-dealkylation sites (tertiary alicyclic amines) is 1. The molecular weight excluding hydrogens is 383 g/mol. The predicted octanol–water partition coefficient (Wildman–Crippen LogP) is 3.07. The van der Waals surface area contributed by atoms with Crippen LogP contribution in [0.3, 0.4) is 0 Å². The third-order valence-electron chi connectivity index (χ3n) is 4.95. The summed E-state index contributed by atoms with van der Waals surface area (Å²) < 4.78 is 40.2. The number of anilines is 1. The molecule has 0 aliphatic carbocycles. The van der Waals surface area contributed by atoms with Crippen LogP contribution in [-0.2, 0) is 16.1 Å². The summed E-state index contributed by atoms with van der Waals surface area (Å²) in [6, 6.07) is 9.10. The third kappa shape index (κ3) is 5.80. The topological polar surface area (TPSA) is 61.4 Å². The van der Waals surface area contributed by atoms with Gasteiger partial charge in [-0.3, -0.25) is 14.5 Å². The monoisotopic (exact) mass is 405 g/mol. The standard InChI is InChI=1S/C21H22F3N3O2/c22-15-4-6-16(7-5-15)26-20(28)13-27-10-8-14(9-11-27)21(29)25-12-17-18(23)2-1-3-19(17)24/h1-7,14H,8-13H2,(H,25,29)(H,26,28). The van der Waals surface area contributed by atoms with Crippen LogP contribution in [0.4, 0.5) is 18.9 Å². The zero-order valence-electron chi connectivity index (χ0n) is 15.8. The minimum atomic E-state index is -0.688. The number of carbonyl (C=O) groups excluding carboxylic acids is 2. The van der Waals surface area contributed by atoms with Crippen LogP contribution < -0.4 is 10.6 Å². The van der Waals surface area contributed by atoms with E-state index in [0.29, 0.717) is 31.6 Å². The van der Waals surface area contributed by atoms with Gasteiger partial charge in [-0.1, -0.05) is 6.07 Å². The maximum Gasteiger partial charge on any atom is 0.238 e. The van der Waals surface area contributed by atoms with Gasteiger partial charge < -0.3 is 10.6 Å². The van der Waals surface area contributed by atoms with E-state index in [4.69, 9.17) is 0 Å². The molecule has 1 heterocycles. The Morgan fingerprint density at radius 2 is 1.59 bits per heavy atom. The molecule has 0 saturated carbocycles. The number of amides is 2. The molecule has 29 heavy (non-hydrogen) atoms. The second kappa shape index (κ2) is 9.56. The number of nitrogens with zero attached hydrogens (tertiary/aromatic N) is 1. The van der Waals surface area contributed by atoms with E-state index < -0.39 is 11.6 Å². The van der Waals surface area contributed by atoms with Crippen LogP contribution in [-0.4, -0.2) is 36.3 Å². The zero-order valence-corrected chi connectivity index (χ0v) is 15.8. The Kier molecular flexibility index (Phi) is 6.87. The van der Waals surface area contributed by atoms with Crippen molar-refractivity contribution in [1.82, 2.24) is 10.2 Å². The molecule has 1 fully saturated rings. The number of benzene rings is 2. The summed E-state index contributed by atoms with van der Waals surface area (Å²) in [7, 11) is 0. The zero-order chi connectivity index (χ0) is 20.8. The summed E-state index contributed by atoms with van der Waals surface area (Å²) in [6.45, 7) is 1.09. The van der Waals surface area contributed by atoms with Gasteiger partial charge in [0, 0.05) is 23.7 Å². The second-order valence-corrected chi connectivity index (χ2v) is 7.02. The first-order chi connectivity index (χ1) is 13.9. The fourth-order valence-electron chi connectivity index (χ4n) is 3.31. The van der Waals surface area contributed by atoms with Crippen molar-refractivity contribution in [3.63, 3.8) is 0 Å². The minimum Gasteiger partial charge on any atom is -0.352 e. The predicted molar refractivity (Wildman–Crippen MR) is 102 cm³/mol. The average Bonchev–Trinajstić information content (AvgIpc) is 2.70. The first-order valence-corrected chi connectivity index (χ1v) is 9.41. The summed E-state index contributed by atoms with van der Waals surface area (Å²) in [5.74, 6) is -2.47. The van der Waals surface area contributed by atoms with Crippen LogP contribution in [0.15, 0.2) is 42.5 Å². The van der Waals surface area contributed by atoms with Crippen LogP contribution in [0, 0.1) is 23.4 Å². The fourth-order valence-corrected chi connectivity index (χ4v) is 3.31. The molecule has 2 aromatic rings. The largest absolute Gasteiger partial charge is 0.352 e. The number of rotatable bonds is 6. The Morgan fingerprint density at radius 3 is 2.21 bits per heavy atom. The molecule has 0 radical (unpaired) electrons. The highest BCUT2D eigenvalue weighted by Crippen LogP contribution is 2.18. The molecule has 2 N–H and O–H groups in total. The molecule has 8 heteroatoms. The molecule has 2 amide bonds. The summed E-state index contributed by atoms with van der Waals surface area (Å²) >= 11 is 0. The SMILES string of the molecule is O=C(CN1CCC(C(=O)NCc2c(F)cccc2F)CC1)Nc1ccc(F)cc1. The third-order valence-corrected chi connectivity index (χ3v) is 4.95. The van der Waals surface area contributed by atoms with E-state index in [2.05, 4.69) is 10.6 Å². The second-order valence-electron chi connectivity index (χ2n) is 7.02. The minimum absolute atomic E-state index is 0.157. The molecule has 1 aliphatic rings. The highest BCUT2D eigenvalue weighted by molar-refractivity contribution is 5.92. The van der Waals surface area contributed by atoms with Gasteiger partial charge in [0.2, 0.25) is 11.8 Å². The van der Waals surface area contributed by atoms with Crippen molar-refractivity contribution < 1.29 is 22.8 Å². The van der Waals surface area contributed by atoms with Crippen LogP contribution in [0.5, 0.6) is 0 Å². The van der Waals surface area contributed by atoms with E-state index in [-0.39, 0.29) is 42.2 Å². The van der Waals surface area contributed by atoms with Gasteiger partial charge in [-0.2, -0.15) is 0 Å². The first kappa shape index (κ1) is 20.9. The van der Waals surface area contributed by atoms with E-state index in [1.165, 1.54) is 30.3 Å². The van der Waals surface area contributed by atoms with Gasteiger partial charge in [0.1, 0.15) is 17.5 Å². The van der Waals surface area contributed by atoms with Crippen molar-refractivity contribution in [3.8, 4) is 0 Å². The summed E-state index contributed by atoms with van der Waals surface area (Å²) in [4.78, 5) is 26.3. The van der Waals surface area contributed by atoms with Gasteiger partial charge in [0.15, 0.2) is 0 Å². The molecule has 0 unspecified atom stereocenters. The molecule has 1 aliphatic heterocycles. The summed E-state index contributed by atoms with van der Waals surface area (Å²) in [5.41, 5.74) is 0.363. The van der Waals surface area contributed by atoms with Gasteiger partial charge in [0.25, 0.3) is 0 Å². The van der Waals surface area contributed by atoms with E-state index >= 15 is 0 Å². The highest BCUT2D eigenvalue weighted by Gasteiger charge is 2.26. The van der Waals surface area contributed by atoms with E-state index in [0.717, 1.165) is 12.1 Å². The van der Waals surface area contributed by atoms with Crippen LogP contribution >= 0.6 is 0 Å². The van der Waals surface area contributed by atoms with Crippen LogP contribution in [0.1, 0.15) is 18.4 Å². The van der Waals surface area contributed by atoms with Gasteiger partial charge >= 0.3 is 0 Å². The van der Waals surface area contributed by atoms with Gasteiger partial charge in [0.05, 0.1) is 6.54 Å². The fraction of sp³-hybridized carbons (Fsp3) is 0.333. The van der Waals surface area contributed by atoms with Crippen molar-refractivity contribution in [2.75, 3.05) is 25.0 Å². The van der Waals surface area contributed by atoms with Gasteiger partial charge in [-0.25, -0.2) is 13.2 Å².